The van der Waals surface area contributed by atoms with Crippen LogP contribution in [0.1, 0.15) is 20.3 Å². The molecule has 1 saturated carbocycles. The van der Waals surface area contributed by atoms with Crippen LogP contribution in [0.3, 0.4) is 0 Å². The van der Waals surface area contributed by atoms with Gasteiger partial charge >= 0.3 is 0 Å². The summed E-state index contributed by atoms with van der Waals surface area (Å²) in [4.78, 5) is 0. The lowest BCUT2D eigenvalue weighted by atomic mass is 9.98. The smallest absolute Gasteiger partial charge is 0.0545 e. The van der Waals surface area contributed by atoms with Gasteiger partial charge in [0.1, 0.15) is 0 Å². The van der Waals surface area contributed by atoms with E-state index in [4.69, 9.17) is 9.84 Å². The van der Waals surface area contributed by atoms with Crippen molar-refractivity contribution in [2.75, 3.05) is 20.3 Å². The maximum absolute atomic E-state index is 9.04. The Morgan fingerprint density at radius 1 is 1.50 bits per heavy atom. The van der Waals surface area contributed by atoms with Crippen LogP contribution in [0.5, 0.6) is 0 Å². The Labute approximate surface area is 62.2 Å². The number of hydrogen-bond donors (Lipinski definition) is 1. The minimum atomic E-state index is 0.0712. The van der Waals surface area contributed by atoms with Crippen LogP contribution in [-0.4, -0.2) is 25.4 Å². The summed E-state index contributed by atoms with van der Waals surface area (Å²) in [5.74, 6) is 0. The highest BCUT2D eigenvalue weighted by Crippen LogP contribution is 2.62. The van der Waals surface area contributed by atoms with Gasteiger partial charge in [0.05, 0.1) is 13.2 Å². The van der Waals surface area contributed by atoms with E-state index in [1.165, 1.54) is 0 Å². The maximum Gasteiger partial charge on any atom is 0.0545 e. The highest BCUT2D eigenvalue weighted by Gasteiger charge is 2.60. The van der Waals surface area contributed by atoms with Gasteiger partial charge in [0.2, 0.25) is 0 Å². The van der Waals surface area contributed by atoms with E-state index < -0.39 is 0 Å². The van der Waals surface area contributed by atoms with Crippen molar-refractivity contribution in [1.82, 2.24) is 0 Å². The summed E-state index contributed by atoms with van der Waals surface area (Å²) in [6, 6.07) is 0. The van der Waals surface area contributed by atoms with Crippen LogP contribution >= 0.6 is 0 Å². The van der Waals surface area contributed by atoms with E-state index in [2.05, 4.69) is 13.8 Å². The lowest BCUT2D eigenvalue weighted by Crippen LogP contribution is -2.19. The lowest BCUT2D eigenvalue weighted by molar-refractivity contribution is 0.0742. The first kappa shape index (κ1) is 8.02. The fourth-order valence-electron chi connectivity index (χ4n) is 1.64. The zero-order valence-corrected chi connectivity index (χ0v) is 6.98. The number of rotatable bonds is 3. The number of aliphatic hydroxyl groups excluding tert-OH is 1. The molecule has 1 N–H and O–H groups in total. The van der Waals surface area contributed by atoms with Gasteiger partial charge in [-0.25, -0.2) is 0 Å². The van der Waals surface area contributed by atoms with Crippen LogP contribution in [0.25, 0.3) is 0 Å². The highest BCUT2D eigenvalue weighted by molar-refractivity contribution is 5.09. The molecule has 0 saturated heterocycles. The summed E-state index contributed by atoms with van der Waals surface area (Å²) < 4.78 is 5.04. The lowest BCUT2D eigenvalue weighted by Gasteiger charge is -2.15. The third-order valence-corrected chi connectivity index (χ3v) is 2.81. The molecule has 0 spiro atoms. The number of ether oxygens (including phenoxy) is 1. The average molecular weight is 144 g/mol. The molecular weight excluding hydrogens is 128 g/mol. The minimum Gasteiger partial charge on any atom is -0.396 e. The maximum atomic E-state index is 9.04. The van der Waals surface area contributed by atoms with Gasteiger partial charge in [-0.15, -0.1) is 0 Å². The molecule has 1 atom stereocenters. The van der Waals surface area contributed by atoms with E-state index in [0.717, 1.165) is 6.42 Å². The molecule has 1 aliphatic carbocycles. The van der Waals surface area contributed by atoms with Crippen LogP contribution in [-0.2, 0) is 4.74 Å². The van der Waals surface area contributed by atoms with Crippen molar-refractivity contribution >= 4 is 0 Å². The average Bonchev–Trinajstić information content (AvgIpc) is 2.37. The predicted molar refractivity (Wildman–Crippen MR) is 39.8 cm³/mol. The predicted octanol–water partition coefficient (Wildman–Crippen LogP) is 1.04. The molecule has 1 unspecified atom stereocenters. The number of aliphatic hydroxyl groups is 1. The monoisotopic (exact) mass is 144 g/mol. The van der Waals surface area contributed by atoms with Gasteiger partial charge in [-0.3, -0.25) is 0 Å². The van der Waals surface area contributed by atoms with Gasteiger partial charge in [-0.2, -0.15) is 0 Å². The van der Waals surface area contributed by atoms with Crippen molar-refractivity contribution in [2.24, 2.45) is 10.8 Å². The van der Waals surface area contributed by atoms with Gasteiger partial charge in [0, 0.05) is 12.5 Å². The first-order valence-corrected chi connectivity index (χ1v) is 3.68. The van der Waals surface area contributed by atoms with Crippen molar-refractivity contribution in [3.63, 3.8) is 0 Å². The molecule has 0 aromatic rings. The molecule has 0 bridgehead atoms. The number of hydrogen-bond acceptors (Lipinski definition) is 2. The van der Waals surface area contributed by atoms with Crippen LogP contribution in [0.2, 0.25) is 0 Å². The Morgan fingerprint density at radius 2 is 2.00 bits per heavy atom. The molecule has 2 nitrogen and oxygen atoms in total. The van der Waals surface area contributed by atoms with E-state index in [-0.39, 0.29) is 17.4 Å². The summed E-state index contributed by atoms with van der Waals surface area (Å²) in [6.07, 6.45) is 1.09. The molecule has 0 amide bonds. The zero-order chi connectivity index (χ0) is 7.83. The van der Waals surface area contributed by atoms with E-state index in [1.807, 2.05) is 0 Å². The largest absolute Gasteiger partial charge is 0.396 e. The normalized spacial score (nSPS) is 36.0. The Kier molecular flexibility index (Phi) is 1.77. The highest BCUT2D eigenvalue weighted by atomic mass is 16.5. The van der Waals surface area contributed by atoms with Crippen LogP contribution in [0.15, 0.2) is 0 Å². The molecule has 10 heavy (non-hydrogen) atoms. The van der Waals surface area contributed by atoms with Crippen molar-refractivity contribution in [3.05, 3.63) is 0 Å². The Hall–Kier alpha value is -0.0800. The topological polar surface area (TPSA) is 29.5 Å². The third-order valence-electron chi connectivity index (χ3n) is 2.81. The first-order chi connectivity index (χ1) is 4.58. The molecule has 2 heteroatoms. The Morgan fingerprint density at radius 3 is 2.10 bits per heavy atom. The van der Waals surface area contributed by atoms with Gasteiger partial charge < -0.3 is 9.84 Å². The van der Waals surface area contributed by atoms with Crippen molar-refractivity contribution in [2.45, 2.75) is 20.3 Å². The quantitative estimate of drug-likeness (QED) is 0.641. The van der Waals surface area contributed by atoms with Gasteiger partial charge in [0.15, 0.2) is 0 Å². The van der Waals surface area contributed by atoms with E-state index >= 15 is 0 Å². The fraction of sp³-hybridized carbons (Fsp3) is 1.00. The third kappa shape index (κ3) is 0.956. The summed E-state index contributed by atoms with van der Waals surface area (Å²) in [5.41, 5.74) is 0.361. The first-order valence-electron chi connectivity index (χ1n) is 3.68. The Balaban J connectivity index is 2.50. The van der Waals surface area contributed by atoms with E-state index in [9.17, 15) is 0 Å². The molecule has 0 radical (unpaired) electrons. The molecule has 0 heterocycles. The minimum absolute atomic E-state index is 0.0712. The molecular formula is C8H16O2. The van der Waals surface area contributed by atoms with E-state index in [0.29, 0.717) is 6.61 Å². The van der Waals surface area contributed by atoms with Crippen LogP contribution in [0, 0.1) is 10.8 Å². The summed E-state index contributed by atoms with van der Waals surface area (Å²) in [7, 11) is 1.69. The number of methoxy groups -OCH3 is 1. The molecule has 0 aromatic heterocycles. The zero-order valence-electron chi connectivity index (χ0n) is 6.98. The molecule has 0 aliphatic heterocycles. The van der Waals surface area contributed by atoms with Gasteiger partial charge in [-0.1, -0.05) is 13.8 Å². The van der Waals surface area contributed by atoms with Crippen LogP contribution < -0.4 is 0 Å². The summed E-state index contributed by atoms with van der Waals surface area (Å²) >= 11 is 0. The molecule has 60 valence electrons. The molecule has 1 aliphatic rings. The van der Waals surface area contributed by atoms with Gasteiger partial charge in [-0.05, 0) is 11.8 Å². The molecule has 1 rings (SSSR count). The van der Waals surface area contributed by atoms with Crippen molar-refractivity contribution in [3.8, 4) is 0 Å². The van der Waals surface area contributed by atoms with Crippen molar-refractivity contribution < 1.29 is 9.84 Å². The van der Waals surface area contributed by atoms with Crippen molar-refractivity contribution in [1.29, 1.82) is 0 Å². The second-order valence-corrected chi connectivity index (χ2v) is 3.93. The van der Waals surface area contributed by atoms with Crippen LogP contribution in [0.4, 0.5) is 0 Å². The SMILES string of the molecule is COCC1(CO)CC1(C)C. The second kappa shape index (κ2) is 2.21. The molecule has 1 fully saturated rings. The van der Waals surface area contributed by atoms with E-state index in [1.54, 1.807) is 7.11 Å². The summed E-state index contributed by atoms with van der Waals surface area (Å²) in [6.45, 7) is 5.29. The molecule has 0 aromatic carbocycles. The Bertz CT molecular complexity index is 131. The standard InChI is InChI=1S/C8H16O2/c1-7(2)4-8(7,5-9)6-10-3/h9H,4-6H2,1-3H3. The fourth-order valence-corrected chi connectivity index (χ4v) is 1.64. The second-order valence-electron chi connectivity index (χ2n) is 3.93. The summed E-state index contributed by atoms with van der Waals surface area (Å²) in [5, 5.41) is 9.04. The van der Waals surface area contributed by atoms with Gasteiger partial charge in [0.25, 0.3) is 0 Å².